The Bertz CT molecular complexity index is 685. The van der Waals surface area contributed by atoms with Gasteiger partial charge in [-0.2, -0.15) is 28.7 Å². The molecule has 0 saturated carbocycles. The van der Waals surface area contributed by atoms with Gasteiger partial charge in [-0.05, 0) is 18.2 Å². The molecule has 0 atom stereocenters. The zero-order valence-corrected chi connectivity index (χ0v) is 10.6. The van der Waals surface area contributed by atoms with E-state index in [1.807, 2.05) is 6.07 Å². The minimum absolute atomic E-state index is 0.113. The van der Waals surface area contributed by atoms with Gasteiger partial charge in [0.05, 0.1) is 0 Å². The van der Waals surface area contributed by atoms with Crippen LogP contribution in [0.15, 0.2) is 36.4 Å². The molecule has 1 aromatic carbocycles. The summed E-state index contributed by atoms with van der Waals surface area (Å²) in [5.41, 5.74) is 1.07. The van der Waals surface area contributed by atoms with Crippen LogP contribution in [0, 0.1) is 11.3 Å². The smallest absolute Gasteiger partial charge is 0.409 e. The van der Waals surface area contributed by atoms with E-state index in [2.05, 4.69) is 15.4 Å². The van der Waals surface area contributed by atoms with Crippen LogP contribution in [-0.2, 0) is 0 Å². The molecule has 1 heterocycles. The predicted molar refractivity (Wildman–Crippen MR) is 67.2 cm³/mol. The third-order valence-corrected chi connectivity index (χ3v) is 2.41. The maximum absolute atomic E-state index is 11.9. The molecule has 0 bridgehead atoms. The molecular formula is C13H9F3N4O. The summed E-state index contributed by atoms with van der Waals surface area (Å²) in [6, 6.07) is 8.38. The average molecular weight is 294 g/mol. The maximum Gasteiger partial charge on any atom is 0.409 e. The van der Waals surface area contributed by atoms with Crippen molar-refractivity contribution in [2.45, 2.75) is 6.18 Å². The van der Waals surface area contributed by atoms with E-state index >= 15 is 0 Å². The van der Waals surface area contributed by atoms with Crippen molar-refractivity contribution < 1.29 is 17.9 Å². The quantitative estimate of drug-likeness (QED) is 0.880. The fourth-order valence-electron chi connectivity index (χ4n) is 1.57. The first-order valence-electron chi connectivity index (χ1n) is 5.78. The second-order valence-corrected chi connectivity index (χ2v) is 3.92. The van der Waals surface area contributed by atoms with Crippen molar-refractivity contribution in [3.8, 4) is 23.1 Å². The van der Waals surface area contributed by atoms with Crippen LogP contribution in [0.5, 0.6) is 5.75 Å². The summed E-state index contributed by atoms with van der Waals surface area (Å²) in [5, 5.41) is 18.7. The van der Waals surface area contributed by atoms with Gasteiger partial charge in [0.2, 0.25) is 0 Å². The number of nitrogens with one attached hydrogen (secondary N) is 1. The molecule has 8 heteroatoms. The highest BCUT2D eigenvalue weighted by atomic mass is 19.4. The molecule has 2 rings (SSSR count). The summed E-state index contributed by atoms with van der Waals surface area (Å²) in [5.74, 6) is 0.367. The van der Waals surface area contributed by atoms with Gasteiger partial charge in [0.15, 0.2) is 5.69 Å². The first-order chi connectivity index (χ1) is 9.99. The molecule has 0 amide bonds. The van der Waals surface area contributed by atoms with E-state index < -0.39 is 6.18 Å². The standard InChI is InChI=1S/C13H9F3N4O/c14-13(15,16)5-2-6-21-10-4-1-3-9(7-10)12-11(8-17)18-20-19-12/h1-5,7H,6H2,(H,18,19,20)/b5-2+. The number of H-pyrrole nitrogens is 1. The number of nitriles is 1. The fraction of sp³-hybridized carbons (Fsp3) is 0.154. The van der Waals surface area contributed by atoms with E-state index in [0.29, 0.717) is 17.0 Å². The Morgan fingerprint density at radius 3 is 2.86 bits per heavy atom. The number of ether oxygens (including phenoxy) is 1. The Morgan fingerprint density at radius 1 is 1.33 bits per heavy atom. The first kappa shape index (κ1) is 14.6. The van der Waals surface area contributed by atoms with E-state index in [0.717, 1.165) is 6.08 Å². The lowest BCUT2D eigenvalue weighted by atomic mass is 10.1. The lowest BCUT2D eigenvalue weighted by molar-refractivity contribution is -0.0801. The lowest BCUT2D eigenvalue weighted by Crippen LogP contribution is -2.02. The second-order valence-electron chi connectivity index (χ2n) is 3.92. The molecular weight excluding hydrogens is 285 g/mol. The molecule has 0 aliphatic rings. The van der Waals surface area contributed by atoms with Gasteiger partial charge in [0, 0.05) is 11.6 Å². The van der Waals surface area contributed by atoms with E-state index in [1.54, 1.807) is 24.3 Å². The van der Waals surface area contributed by atoms with Crippen molar-refractivity contribution in [3.05, 3.63) is 42.1 Å². The fourth-order valence-corrected chi connectivity index (χ4v) is 1.57. The molecule has 0 aliphatic heterocycles. The number of halogens is 3. The predicted octanol–water partition coefficient (Wildman–Crippen LogP) is 2.84. The van der Waals surface area contributed by atoms with E-state index in [1.165, 1.54) is 0 Å². The highest BCUT2D eigenvalue weighted by molar-refractivity contribution is 5.65. The van der Waals surface area contributed by atoms with Crippen molar-refractivity contribution in [2.75, 3.05) is 6.61 Å². The SMILES string of the molecule is N#Cc1n[nH]nc1-c1cccc(OC/C=C/C(F)(F)F)c1. The Labute approximate surface area is 117 Å². The summed E-state index contributed by atoms with van der Waals surface area (Å²) in [4.78, 5) is 0. The normalized spacial score (nSPS) is 11.5. The summed E-state index contributed by atoms with van der Waals surface area (Å²) in [7, 11) is 0. The minimum atomic E-state index is -4.35. The summed E-state index contributed by atoms with van der Waals surface area (Å²) >= 11 is 0. The number of benzene rings is 1. The van der Waals surface area contributed by atoms with Crippen molar-refractivity contribution >= 4 is 0 Å². The van der Waals surface area contributed by atoms with Crippen molar-refractivity contribution in [1.29, 1.82) is 5.26 Å². The van der Waals surface area contributed by atoms with Gasteiger partial charge >= 0.3 is 6.18 Å². The Hall–Kier alpha value is -2.82. The largest absolute Gasteiger partial charge is 0.490 e. The highest BCUT2D eigenvalue weighted by Gasteiger charge is 2.21. The van der Waals surface area contributed by atoms with Crippen LogP contribution in [0.25, 0.3) is 11.3 Å². The molecule has 0 saturated heterocycles. The molecule has 108 valence electrons. The zero-order valence-electron chi connectivity index (χ0n) is 10.6. The van der Waals surface area contributed by atoms with Crippen LogP contribution >= 0.6 is 0 Å². The number of aromatic amines is 1. The van der Waals surface area contributed by atoms with E-state index in [4.69, 9.17) is 10.00 Å². The maximum atomic E-state index is 11.9. The zero-order chi connectivity index (χ0) is 15.3. The minimum Gasteiger partial charge on any atom is -0.490 e. The third-order valence-electron chi connectivity index (χ3n) is 2.41. The first-order valence-corrected chi connectivity index (χ1v) is 5.78. The second kappa shape index (κ2) is 6.09. The van der Waals surface area contributed by atoms with Gasteiger partial charge in [-0.25, -0.2) is 0 Å². The van der Waals surface area contributed by atoms with Crippen molar-refractivity contribution in [1.82, 2.24) is 15.4 Å². The van der Waals surface area contributed by atoms with Gasteiger partial charge in [-0.15, -0.1) is 5.10 Å². The van der Waals surface area contributed by atoms with Gasteiger partial charge in [0.1, 0.15) is 24.1 Å². The number of rotatable bonds is 4. The number of hydrogen-bond acceptors (Lipinski definition) is 4. The third kappa shape index (κ3) is 4.07. The van der Waals surface area contributed by atoms with Crippen LogP contribution in [-0.4, -0.2) is 28.2 Å². The molecule has 0 unspecified atom stereocenters. The number of aromatic nitrogens is 3. The van der Waals surface area contributed by atoms with Crippen LogP contribution < -0.4 is 4.74 Å². The molecule has 0 fully saturated rings. The van der Waals surface area contributed by atoms with E-state index in [-0.39, 0.29) is 18.4 Å². The Morgan fingerprint density at radius 2 is 2.14 bits per heavy atom. The van der Waals surface area contributed by atoms with Gasteiger partial charge in [0.25, 0.3) is 0 Å². The number of allylic oxidation sites excluding steroid dienone is 1. The van der Waals surface area contributed by atoms with Crippen molar-refractivity contribution in [2.24, 2.45) is 0 Å². The number of hydrogen-bond donors (Lipinski definition) is 1. The molecule has 0 radical (unpaired) electrons. The number of alkyl halides is 3. The highest BCUT2D eigenvalue weighted by Crippen LogP contribution is 2.24. The van der Waals surface area contributed by atoms with Gasteiger partial charge in [-0.3, -0.25) is 0 Å². The lowest BCUT2D eigenvalue weighted by Gasteiger charge is -2.05. The molecule has 2 aromatic rings. The summed E-state index contributed by atoms with van der Waals surface area (Å²) < 4.78 is 41.0. The molecule has 21 heavy (non-hydrogen) atoms. The van der Waals surface area contributed by atoms with Gasteiger partial charge in [-0.1, -0.05) is 12.1 Å². The molecule has 5 nitrogen and oxygen atoms in total. The summed E-state index contributed by atoms with van der Waals surface area (Å²) in [6.07, 6.45) is -3.36. The van der Waals surface area contributed by atoms with Crippen LogP contribution in [0.1, 0.15) is 5.69 Å². The average Bonchev–Trinajstić information content (AvgIpc) is 2.91. The number of nitrogens with zero attached hydrogens (tertiary/aromatic N) is 3. The molecule has 1 N–H and O–H groups in total. The molecule has 1 aromatic heterocycles. The van der Waals surface area contributed by atoms with E-state index in [9.17, 15) is 13.2 Å². The van der Waals surface area contributed by atoms with Crippen LogP contribution in [0.3, 0.4) is 0 Å². The Balaban J connectivity index is 2.09. The Kier molecular flexibility index (Phi) is 4.23. The molecule has 0 spiro atoms. The van der Waals surface area contributed by atoms with Crippen LogP contribution in [0.2, 0.25) is 0 Å². The topological polar surface area (TPSA) is 74.6 Å². The van der Waals surface area contributed by atoms with Crippen molar-refractivity contribution in [3.63, 3.8) is 0 Å². The monoisotopic (exact) mass is 294 g/mol. The van der Waals surface area contributed by atoms with Crippen LogP contribution in [0.4, 0.5) is 13.2 Å². The summed E-state index contributed by atoms with van der Waals surface area (Å²) in [6.45, 7) is -0.215. The molecule has 0 aliphatic carbocycles. The van der Waals surface area contributed by atoms with Gasteiger partial charge < -0.3 is 4.74 Å².